The highest BCUT2D eigenvalue weighted by molar-refractivity contribution is 5.97. The Morgan fingerprint density at radius 3 is 2.83 bits per heavy atom. The van der Waals surface area contributed by atoms with Gasteiger partial charge in [-0.1, -0.05) is 29.8 Å². The minimum Gasteiger partial charge on any atom is -0.493 e. The number of carbonyl (C=O) groups excluding carboxylic acids is 1. The van der Waals surface area contributed by atoms with Crippen molar-refractivity contribution in [1.29, 1.82) is 0 Å². The zero-order valence-electron chi connectivity index (χ0n) is 17.5. The van der Waals surface area contributed by atoms with Crippen LogP contribution in [-0.2, 0) is 4.74 Å². The third kappa shape index (κ3) is 4.24. The van der Waals surface area contributed by atoms with Crippen molar-refractivity contribution in [3.8, 4) is 5.75 Å². The van der Waals surface area contributed by atoms with Gasteiger partial charge in [-0.25, -0.2) is 4.99 Å². The number of aryl methyl sites for hydroxylation is 2. The molecule has 30 heavy (non-hydrogen) atoms. The van der Waals surface area contributed by atoms with Crippen LogP contribution in [0.5, 0.6) is 5.75 Å². The summed E-state index contributed by atoms with van der Waals surface area (Å²) >= 11 is 0. The molecule has 1 aliphatic heterocycles. The van der Waals surface area contributed by atoms with Gasteiger partial charge in [0.1, 0.15) is 5.56 Å². The van der Waals surface area contributed by atoms with Crippen LogP contribution in [0, 0.1) is 13.8 Å². The van der Waals surface area contributed by atoms with E-state index in [-0.39, 0.29) is 17.6 Å². The summed E-state index contributed by atoms with van der Waals surface area (Å²) in [5.74, 6) is 0.360. The lowest BCUT2D eigenvalue weighted by atomic mass is 10.1. The van der Waals surface area contributed by atoms with Crippen LogP contribution in [0.1, 0.15) is 34.3 Å². The molecule has 1 N–H and O–H groups in total. The fourth-order valence-electron chi connectivity index (χ4n) is 3.68. The third-order valence-corrected chi connectivity index (χ3v) is 5.29. The van der Waals surface area contributed by atoms with Gasteiger partial charge in [-0.15, -0.1) is 0 Å². The normalized spacial score (nSPS) is 16.8. The number of methoxy groups -OCH3 is 1. The maximum absolute atomic E-state index is 13.0. The number of nitrogens with one attached hydrogen (secondary N) is 1. The molecule has 2 heterocycles. The summed E-state index contributed by atoms with van der Waals surface area (Å²) in [6.45, 7) is 5.24. The Kier molecular flexibility index (Phi) is 5.86. The predicted molar refractivity (Wildman–Crippen MR) is 115 cm³/mol. The zero-order valence-corrected chi connectivity index (χ0v) is 17.5. The molecule has 0 saturated carbocycles. The Balaban J connectivity index is 1.81. The van der Waals surface area contributed by atoms with E-state index < -0.39 is 0 Å². The second-order valence-corrected chi connectivity index (χ2v) is 7.59. The number of nitrogens with zero attached hydrogens (tertiary/aromatic N) is 1. The van der Waals surface area contributed by atoms with E-state index in [0.717, 1.165) is 41.6 Å². The molecule has 0 radical (unpaired) electrons. The van der Waals surface area contributed by atoms with Crippen LogP contribution in [-0.4, -0.2) is 32.3 Å². The van der Waals surface area contributed by atoms with Gasteiger partial charge in [0.25, 0.3) is 5.91 Å². The van der Waals surface area contributed by atoms with Crippen molar-refractivity contribution in [3.05, 3.63) is 64.7 Å². The van der Waals surface area contributed by atoms with Gasteiger partial charge in [0.15, 0.2) is 11.3 Å². The maximum atomic E-state index is 13.0. The highest BCUT2D eigenvalue weighted by atomic mass is 16.5. The van der Waals surface area contributed by atoms with E-state index in [0.29, 0.717) is 23.4 Å². The largest absolute Gasteiger partial charge is 0.493 e. The summed E-state index contributed by atoms with van der Waals surface area (Å²) in [6, 6.07) is 13.4. The summed E-state index contributed by atoms with van der Waals surface area (Å²) in [6.07, 6.45) is 2.05. The molecular weight excluding hydrogens is 380 g/mol. The quantitative estimate of drug-likeness (QED) is 0.689. The number of ether oxygens (including phenoxy) is 2. The zero-order chi connectivity index (χ0) is 21.1. The number of hydrogen-bond acceptors (Lipinski definition) is 5. The van der Waals surface area contributed by atoms with Crippen LogP contribution in [0.25, 0.3) is 11.0 Å². The second-order valence-electron chi connectivity index (χ2n) is 7.59. The van der Waals surface area contributed by atoms with Gasteiger partial charge < -0.3 is 19.2 Å². The number of para-hydroxylation sites is 1. The predicted octanol–water partition coefficient (Wildman–Crippen LogP) is 4.20. The molecule has 156 valence electrons. The molecule has 2 aromatic carbocycles. The molecule has 6 nitrogen and oxygen atoms in total. The first-order chi connectivity index (χ1) is 14.5. The van der Waals surface area contributed by atoms with Gasteiger partial charge in [0.2, 0.25) is 5.55 Å². The van der Waals surface area contributed by atoms with Gasteiger partial charge in [-0.3, -0.25) is 4.79 Å². The van der Waals surface area contributed by atoms with Gasteiger partial charge >= 0.3 is 0 Å². The Morgan fingerprint density at radius 2 is 2.10 bits per heavy atom. The Bertz CT molecular complexity index is 1140. The summed E-state index contributed by atoms with van der Waals surface area (Å²) in [5, 5.41) is 3.74. The molecule has 4 rings (SSSR count). The summed E-state index contributed by atoms with van der Waals surface area (Å²) in [5.41, 5.74) is 4.11. The number of benzene rings is 2. The van der Waals surface area contributed by atoms with Crippen LogP contribution < -0.4 is 15.6 Å². The van der Waals surface area contributed by atoms with Gasteiger partial charge in [-0.2, -0.15) is 0 Å². The van der Waals surface area contributed by atoms with Crippen molar-refractivity contribution in [1.82, 2.24) is 5.32 Å². The van der Waals surface area contributed by atoms with Crippen molar-refractivity contribution >= 4 is 22.6 Å². The average Bonchev–Trinajstić information content (AvgIpc) is 3.26. The first-order valence-corrected chi connectivity index (χ1v) is 10.2. The first kappa shape index (κ1) is 20.2. The number of rotatable bonds is 5. The van der Waals surface area contributed by atoms with Crippen molar-refractivity contribution in [2.24, 2.45) is 4.99 Å². The summed E-state index contributed by atoms with van der Waals surface area (Å²) in [4.78, 5) is 17.7. The molecule has 0 aliphatic carbocycles. The van der Waals surface area contributed by atoms with Gasteiger partial charge in [0, 0.05) is 18.5 Å². The van der Waals surface area contributed by atoms with Crippen LogP contribution in [0.4, 0.5) is 5.69 Å². The molecule has 1 aliphatic rings. The highest BCUT2D eigenvalue weighted by Gasteiger charge is 2.19. The molecule has 6 heteroatoms. The van der Waals surface area contributed by atoms with Crippen molar-refractivity contribution < 1.29 is 18.7 Å². The Labute approximate surface area is 175 Å². The maximum Gasteiger partial charge on any atom is 0.256 e. The SMILES string of the molecule is COc1cccc2cc(C(=O)NC[C@H]3CCCO3)c(=Nc3ccc(C)cc3C)oc12. The molecule has 0 bridgehead atoms. The van der Waals surface area contributed by atoms with Gasteiger partial charge in [-0.05, 0) is 50.5 Å². The number of amides is 1. The second kappa shape index (κ2) is 8.71. The first-order valence-electron chi connectivity index (χ1n) is 10.2. The van der Waals surface area contributed by atoms with Crippen molar-refractivity contribution in [2.75, 3.05) is 20.3 Å². The summed E-state index contributed by atoms with van der Waals surface area (Å²) in [7, 11) is 1.59. The molecule has 3 aromatic rings. The average molecular weight is 406 g/mol. The molecule has 0 spiro atoms. The van der Waals surface area contributed by atoms with E-state index in [1.54, 1.807) is 13.2 Å². The van der Waals surface area contributed by atoms with E-state index in [4.69, 9.17) is 18.9 Å². The monoisotopic (exact) mass is 406 g/mol. The molecule has 1 fully saturated rings. The number of hydrogen-bond donors (Lipinski definition) is 1. The standard InChI is InChI=1S/C24H26N2O4/c1-15-9-10-20(16(2)12-15)26-24-19(23(27)25-14-18-7-5-11-29-18)13-17-6-4-8-21(28-3)22(17)30-24/h4,6,8-10,12-13,18H,5,7,11,14H2,1-3H3,(H,25,27)/t18-/m1/s1. The van der Waals surface area contributed by atoms with E-state index in [1.165, 1.54) is 0 Å². The van der Waals surface area contributed by atoms with Crippen LogP contribution in [0.2, 0.25) is 0 Å². The summed E-state index contributed by atoms with van der Waals surface area (Å²) < 4.78 is 17.2. The lowest BCUT2D eigenvalue weighted by Gasteiger charge is -2.12. The Hall–Kier alpha value is -3.12. The van der Waals surface area contributed by atoms with E-state index >= 15 is 0 Å². The fourth-order valence-corrected chi connectivity index (χ4v) is 3.68. The minimum absolute atomic E-state index is 0.0613. The minimum atomic E-state index is -0.234. The molecule has 1 atom stereocenters. The molecular formula is C24H26N2O4. The van der Waals surface area contributed by atoms with Crippen LogP contribution in [0.15, 0.2) is 51.9 Å². The van der Waals surface area contributed by atoms with E-state index in [2.05, 4.69) is 11.4 Å². The Morgan fingerprint density at radius 1 is 1.23 bits per heavy atom. The van der Waals surface area contributed by atoms with E-state index in [1.807, 2.05) is 44.2 Å². The molecule has 0 unspecified atom stereocenters. The lowest BCUT2D eigenvalue weighted by Crippen LogP contribution is -2.34. The lowest BCUT2D eigenvalue weighted by molar-refractivity contribution is 0.0854. The number of carbonyl (C=O) groups is 1. The highest BCUT2D eigenvalue weighted by Crippen LogP contribution is 2.25. The van der Waals surface area contributed by atoms with Gasteiger partial charge in [0.05, 0.1) is 18.9 Å². The van der Waals surface area contributed by atoms with Crippen molar-refractivity contribution in [2.45, 2.75) is 32.8 Å². The molecule has 1 amide bonds. The molecule has 1 saturated heterocycles. The molecule has 1 aromatic heterocycles. The fraction of sp³-hybridized carbons (Fsp3) is 0.333. The topological polar surface area (TPSA) is 73.1 Å². The van der Waals surface area contributed by atoms with E-state index in [9.17, 15) is 4.79 Å². The van der Waals surface area contributed by atoms with Crippen molar-refractivity contribution in [3.63, 3.8) is 0 Å². The smallest absolute Gasteiger partial charge is 0.256 e. The number of fused-ring (bicyclic) bond motifs is 1. The third-order valence-electron chi connectivity index (χ3n) is 5.29. The van der Waals surface area contributed by atoms with Crippen LogP contribution in [0.3, 0.4) is 0 Å². The van der Waals surface area contributed by atoms with Crippen LogP contribution >= 0.6 is 0 Å².